The van der Waals surface area contributed by atoms with Crippen LogP contribution in [0, 0.1) is 6.92 Å². The number of anilines is 1. The number of rotatable bonds is 4. The van der Waals surface area contributed by atoms with Gasteiger partial charge >= 0.3 is 0 Å². The Morgan fingerprint density at radius 1 is 1.44 bits per heavy atom. The number of hydrogen-bond donors (Lipinski definition) is 2. The normalized spacial score (nSPS) is 11.1. The maximum Gasteiger partial charge on any atom is 0.229 e. The molecule has 0 radical (unpaired) electrons. The molecule has 0 aliphatic rings. The Morgan fingerprint density at radius 3 is 2.50 bits per heavy atom. The predicted octanol–water partition coefficient (Wildman–Crippen LogP) is 0.394. The van der Waals surface area contributed by atoms with Crippen LogP contribution < -0.4 is 10.5 Å². The number of nitrogens with two attached hydrogens (primary N) is 1. The largest absolute Gasteiger partial charge is 0.369 e. The molecule has 1 rings (SSSR count). The molecule has 0 aliphatic carbocycles. The maximum absolute atomic E-state index is 11.0. The second-order valence-corrected chi connectivity index (χ2v) is 5.42. The third kappa shape index (κ3) is 3.90. The summed E-state index contributed by atoms with van der Waals surface area (Å²) in [5.41, 5.74) is 7.10. The maximum atomic E-state index is 11.0. The fraction of sp³-hybridized carbons (Fsp3) is 0.300. The van der Waals surface area contributed by atoms with Crippen LogP contribution in [0.5, 0.6) is 0 Å². The summed E-state index contributed by atoms with van der Waals surface area (Å²) in [4.78, 5) is 10.7. The van der Waals surface area contributed by atoms with E-state index in [9.17, 15) is 13.2 Å². The molecule has 0 atom stereocenters. The number of hydrogen-bond acceptors (Lipinski definition) is 3. The zero-order valence-electron chi connectivity index (χ0n) is 9.15. The van der Waals surface area contributed by atoms with Gasteiger partial charge in [0.25, 0.3) is 0 Å². The number of primary amides is 1. The fourth-order valence-corrected chi connectivity index (χ4v) is 1.98. The summed E-state index contributed by atoms with van der Waals surface area (Å²) < 4.78 is 24.4. The van der Waals surface area contributed by atoms with E-state index in [0.29, 0.717) is 5.69 Å². The molecule has 3 N–H and O–H groups in total. The second kappa shape index (κ2) is 4.52. The van der Waals surface area contributed by atoms with Crippen molar-refractivity contribution in [2.24, 2.45) is 5.73 Å². The van der Waals surface area contributed by atoms with E-state index >= 15 is 0 Å². The highest BCUT2D eigenvalue weighted by atomic mass is 32.2. The first kappa shape index (κ1) is 12.5. The van der Waals surface area contributed by atoms with Crippen LogP contribution in [-0.2, 0) is 21.2 Å². The number of sulfonamides is 1. The molecule has 0 saturated heterocycles. The summed E-state index contributed by atoms with van der Waals surface area (Å²) >= 11 is 0. The lowest BCUT2D eigenvalue weighted by atomic mass is 10.1. The Labute approximate surface area is 94.7 Å². The average Bonchev–Trinajstić information content (AvgIpc) is 2.06. The lowest BCUT2D eigenvalue weighted by Crippen LogP contribution is -2.14. The lowest BCUT2D eigenvalue weighted by molar-refractivity contribution is -0.117. The summed E-state index contributed by atoms with van der Waals surface area (Å²) in [5.74, 6) is -0.414. The molecular formula is C10H14N2O3S. The monoisotopic (exact) mass is 242 g/mol. The molecule has 5 nitrogen and oxygen atoms in total. The van der Waals surface area contributed by atoms with Crippen molar-refractivity contribution < 1.29 is 13.2 Å². The van der Waals surface area contributed by atoms with E-state index in [2.05, 4.69) is 4.72 Å². The molecule has 0 aromatic heterocycles. The number of aryl methyl sites for hydroxylation is 1. The highest BCUT2D eigenvalue weighted by molar-refractivity contribution is 7.92. The molecule has 6 heteroatoms. The van der Waals surface area contributed by atoms with E-state index < -0.39 is 15.9 Å². The Hall–Kier alpha value is -1.56. The molecule has 0 saturated carbocycles. The predicted molar refractivity (Wildman–Crippen MR) is 62.5 cm³/mol. The van der Waals surface area contributed by atoms with Gasteiger partial charge in [-0.25, -0.2) is 8.42 Å². The summed E-state index contributed by atoms with van der Waals surface area (Å²) in [6, 6.07) is 5.03. The van der Waals surface area contributed by atoms with Crippen molar-refractivity contribution in [2.45, 2.75) is 13.3 Å². The molecule has 0 unspecified atom stereocenters. The number of amides is 1. The number of nitrogens with one attached hydrogen (secondary N) is 1. The van der Waals surface area contributed by atoms with Crippen LogP contribution in [0.1, 0.15) is 11.1 Å². The first-order valence-electron chi connectivity index (χ1n) is 4.63. The van der Waals surface area contributed by atoms with E-state index in [1.165, 1.54) is 0 Å². The highest BCUT2D eigenvalue weighted by Crippen LogP contribution is 2.17. The average molecular weight is 242 g/mol. The molecule has 1 amide bonds. The van der Waals surface area contributed by atoms with Crippen molar-refractivity contribution in [1.82, 2.24) is 0 Å². The van der Waals surface area contributed by atoms with Gasteiger partial charge in [0.15, 0.2) is 0 Å². The first-order valence-corrected chi connectivity index (χ1v) is 6.53. The van der Waals surface area contributed by atoms with E-state index in [-0.39, 0.29) is 6.42 Å². The molecule has 1 aromatic carbocycles. The van der Waals surface area contributed by atoms with Crippen molar-refractivity contribution >= 4 is 21.6 Å². The van der Waals surface area contributed by atoms with Gasteiger partial charge in [0.05, 0.1) is 18.4 Å². The molecule has 0 spiro atoms. The van der Waals surface area contributed by atoms with Gasteiger partial charge in [-0.05, 0) is 24.1 Å². The van der Waals surface area contributed by atoms with E-state index in [1.807, 2.05) is 0 Å². The molecule has 0 aliphatic heterocycles. The first-order chi connectivity index (χ1) is 7.28. The Kier molecular flexibility index (Phi) is 3.54. The van der Waals surface area contributed by atoms with Gasteiger partial charge < -0.3 is 5.73 Å². The van der Waals surface area contributed by atoms with Crippen LogP contribution >= 0.6 is 0 Å². The van der Waals surface area contributed by atoms with E-state index in [0.717, 1.165) is 17.4 Å². The van der Waals surface area contributed by atoms with Gasteiger partial charge in [0.2, 0.25) is 15.9 Å². The summed E-state index contributed by atoms with van der Waals surface area (Å²) in [5, 5.41) is 0. The van der Waals surface area contributed by atoms with Gasteiger partial charge in [-0.15, -0.1) is 0 Å². The van der Waals surface area contributed by atoms with Crippen molar-refractivity contribution in [1.29, 1.82) is 0 Å². The third-order valence-electron chi connectivity index (χ3n) is 1.96. The van der Waals surface area contributed by atoms with Crippen LogP contribution in [0.25, 0.3) is 0 Å². The van der Waals surface area contributed by atoms with Crippen LogP contribution in [0.4, 0.5) is 5.69 Å². The second-order valence-electron chi connectivity index (χ2n) is 3.67. The van der Waals surface area contributed by atoms with Crippen molar-refractivity contribution in [3.63, 3.8) is 0 Å². The van der Waals surface area contributed by atoms with E-state index in [1.54, 1.807) is 25.1 Å². The minimum absolute atomic E-state index is 0.153. The van der Waals surface area contributed by atoms with Crippen LogP contribution in [0.3, 0.4) is 0 Å². The zero-order chi connectivity index (χ0) is 12.3. The van der Waals surface area contributed by atoms with Gasteiger partial charge in [0.1, 0.15) is 0 Å². The molecule has 0 heterocycles. The standard InChI is InChI=1S/C10H14N2O3S/c1-7-5-8(6-10(11)13)3-4-9(7)12-16(2,14)15/h3-5,12H,6H2,1-2H3,(H2,11,13). The topological polar surface area (TPSA) is 89.3 Å². The van der Waals surface area contributed by atoms with Crippen LogP contribution in [-0.4, -0.2) is 20.6 Å². The molecule has 1 aromatic rings. The van der Waals surface area contributed by atoms with Crippen LogP contribution in [0.2, 0.25) is 0 Å². The van der Waals surface area contributed by atoms with Crippen LogP contribution in [0.15, 0.2) is 18.2 Å². The SMILES string of the molecule is Cc1cc(CC(N)=O)ccc1NS(C)(=O)=O. The summed E-state index contributed by atoms with van der Waals surface area (Å²) in [6.45, 7) is 1.76. The molecule has 88 valence electrons. The van der Waals surface area contributed by atoms with Gasteiger partial charge in [-0.2, -0.15) is 0 Å². The van der Waals surface area contributed by atoms with E-state index in [4.69, 9.17) is 5.73 Å². The molecular weight excluding hydrogens is 228 g/mol. The Balaban J connectivity index is 2.96. The molecule has 16 heavy (non-hydrogen) atoms. The number of carbonyl (C=O) groups is 1. The van der Waals surface area contributed by atoms with Gasteiger partial charge in [-0.3, -0.25) is 9.52 Å². The quantitative estimate of drug-likeness (QED) is 0.800. The zero-order valence-corrected chi connectivity index (χ0v) is 9.97. The summed E-state index contributed by atoms with van der Waals surface area (Å²) in [6.07, 6.45) is 1.24. The van der Waals surface area contributed by atoms with Crippen molar-refractivity contribution in [2.75, 3.05) is 11.0 Å². The van der Waals surface area contributed by atoms with Crippen molar-refractivity contribution in [3.8, 4) is 0 Å². The van der Waals surface area contributed by atoms with Gasteiger partial charge in [-0.1, -0.05) is 12.1 Å². The highest BCUT2D eigenvalue weighted by Gasteiger charge is 2.06. The lowest BCUT2D eigenvalue weighted by Gasteiger charge is -2.08. The number of carbonyl (C=O) groups excluding carboxylic acids is 1. The Bertz CT molecular complexity index is 509. The smallest absolute Gasteiger partial charge is 0.229 e. The fourth-order valence-electron chi connectivity index (χ4n) is 1.35. The van der Waals surface area contributed by atoms with Gasteiger partial charge in [0, 0.05) is 0 Å². The minimum atomic E-state index is -3.28. The molecule has 0 fully saturated rings. The minimum Gasteiger partial charge on any atom is -0.369 e. The Morgan fingerprint density at radius 2 is 2.06 bits per heavy atom. The third-order valence-corrected chi connectivity index (χ3v) is 2.56. The van der Waals surface area contributed by atoms with Crippen molar-refractivity contribution in [3.05, 3.63) is 29.3 Å². The molecule has 0 bridgehead atoms. The summed E-state index contributed by atoms with van der Waals surface area (Å²) in [7, 11) is -3.28. The number of benzene rings is 1.